The van der Waals surface area contributed by atoms with Gasteiger partial charge < -0.3 is 47.4 Å². The van der Waals surface area contributed by atoms with Crippen LogP contribution in [0.1, 0.15) is 96.1 Å². The monoisotopic (exact) mass is 908 g/mol. The molecule has 5 rings (SSSR count). The predicted octanol–water partition coefficient (Wildman–Crippen LogP) is 9.67. The Morgan fingerprint density at radius 2 is 0.788 bits per heavy atom. The van der Waals surface area contributed by atoms with Gasteiger partial charge >= 0.3 is 23.9 Å². The topological polar surface area (TPSA) is 161 Å². The lowest BCUT2D eigenvalue weighted by Gasteiger charge is -2.31. The molecular formula is C52H60O14. The molecule has 2 atom stereocenters. The number of rotatable bonds is 30. The Kier molecular flexibility index (Phi) is 22.5. The van der Waals surface area contributed by atoms with Crippen LogP contribution in [0.15, 0.2) is 122 Å². The molecule has 0 aliphatic carbocycles. The first kappa shape index (κ1) is 50.7. The van der Waals surface area contributed by atoms with Crippen LogP contribution >= 0.6 is 0 Å². The van der Waals surface area contributed by atoms with Gasteiger partial charge in [-0.05, 0) is 110 Å². The number of ether oxygens (including phenoxy) is 10. The Bertz CT molecular complexity index is 1930. The van der Waals surface area contributed by atoms with Crippen molar-refractivity contribution in [3.63, 3.8) is 0 Å². The highest BCUT2D eigenvalue weighted by molar-refractivity contribution is 5.91. The van der Waals surface area contributed by atoms with Crippen LogP contribution in [0.2, 0.25) is 0 Å². The molecule has 0 amide bonds. The summed E-state index contributed by atoms with van der Waals surface area (Å²) in [5.74, 6) is 0.369. The fourth-order valence-corrected chi connectivity index (χ4v) is 6.42. The minimum Gasteiger partial charge on any atom is -0.494 e. The molecule has 1 aliphatic rings. The second-order valence-electron chi connectivity index (χ2n) is 15.2. The fourth-order valence-electron chi connectivity index (χ4n) is 6.42. The minimum atomic E-state index is -0.773. The van der Waals surface area contributed by atoms with Crippen LogP contribution in [-0.2, 0) is 51.2 Å². The van der Waals surface area contributed by atoms with Crippen LogP contribution in [0.5, 0.6) is 23.0 Å². The van der Waals surface area contributed by atoms with Crippen molar-refractivity contribution in [2.45, 2.75) is 90.0 Å². The molecule has 14 heteroatoms. The molecule has 4 aromatic carbocycles. The van der Waals surface area contributed by atoms with E-state index >= 15 is 0 Å². The second-order valence-corrected chi connectivity index (χ2v) is 15.2. The molecule has 0 aromatic heterocycles. The summed E-state index contributed by atoms with van der Waals surface area (Å²) in [6.45, 7) is 9.81. The van der Waals surface area contributed by atoms with Crippen molar-refractivity contribution < 1.29 is 66.5 Å². The summed E-state index contributed by atoms with van der Waals surface area (Å²) in [6, 6.07) is 27.7. The first-order chi connectivity index (χ1) is 32.3. The van der Waals surface area contributed by atoms with Crippen LogP contribution in [0.25, 0.3) is 0 Å². The van der Waals surface area contributed by atoms with E-state index in [1.165, 1.54) is 12.2 Å². The van der Waals surface area contributed by atoms with E-state index in [0.29, 0.717) is 73.8 Å². The summed E-state index contributed by atoms with van der Waals surface area (Å²) in [4.78, 5) is 47.7. The van der Waals surface area contributed by atoms with Gasteiger partial charge in [0.15, 0.2) is 0 Å². The Morgan fingerprint density at radius 1 is 0.455 bits per heavy atom. The van der Waals surface area contributed by atoms with E-state index in [0.717, 1.165) is 75.3 Å². The van der Waals surface area contributed by atoms with Crippen molar-refractivity contribution in [1.29, 1.82) is 0 Å². The predicted molar refractivity (Wildman–Crippen MR) is 244 cm³/mol. The normalized spacial score (nSPS) is 14.4. The number of carbonyl (C=O) groups excluding carboxylic acids is 4. The zero-order chi connectivity index (χ0) is 46.6. The second kappa shape index (κ2) is 29.3. The van der Waals surface area contributed by atoms with E-state index < -0.39 is 36.5 Å². The maximum atomic E-state index is 12.8. The largest absolute Gasteiger partial charge is 0.494 e. The van der Waals surface area contributed by atoms with Crippen molar-refractivity contribution in [3.05, 3.63) is 145 Å². The molecule has 14 nitrogen and oxygen atoms in total. The lowest BCUT2D eigenvalue weighted by Crippen LogP contribution is -2.41. The van der Waals surface area contributed by atoms with Gasteiger partial charge in [0.2, 0.25) is 12.6 Å². The van der Waals surface area contributed by atoms with E-state index in [1.54, 1.807) is 97.1 Å². The number of hydrogen-bond donors (Lipinski definition) is 0. The van der Waals surface area contributed by atoms with Crippen molar-refractivity contribution in [3.8, 4) is 23.0 Å². The average Bonchev–Trinajstić information content (AvgIpc) is 3.35. The molecule has 0 spiro atoms. The Morgan fingerprint density at radius 3 is 1.15 bits per heavy atom. The standard InChI is InChI=1S/C52H60O14/c1-3-47(53)59-33-13-9-5-7-11-31-57-43-27-19-41(20-28-43)49(55)65-45-23-15-39(16-24-45)37-63-51-52(62-36-35-61-51)64-38-40-17-25-46(26-18-40)66-50(56)42-21-29-44(30-22-42)58-32-12-8-6-10-14-34-60-48(54)4-2/h3-4,15-30,51-52H,1-2,5-14,31-38H2. The highest BCUT2D eigenvalue weighted by atomic mass is 16.8. The van der Waals surface area contributed by atoms with E-state index in [1.807, 2.05) is 0 Å². The smallest absolute Gasteiger partial charge is 0.343 e. The van der Waals surface area contributed by atoms with Crippen LogP contribution in [0.3, 0.4) is 0 Å². The Hall–Kier alpha value is -6.32. The van der Waals surface area contributed by atoms with Crippen molar-refractivity contribution in [2.75, 3.05) is 39.6 Å². The molecule has 0 radical (unpaired) electrons. The molecular weight excluding hydrogens is 849 g/mol. The van der Waals surface area contributed by atoms with Crippen LogP contribution in [0.4, 0.5) is 0 Å². The summed E-state index contributed by atoms with van der Waals surface area (Å²) < 4.78 is 56.4. The summed E-state index contributed by atoms with van der Waals surface area (Å²) in [5.41, 5.74) is 2.45. The van der Waals surface area contributed by atoms with Gasteiger partial charge in [-0.25, -0.2) is 19.2 Å². The van der Waals surface area contributed by atoms with Gasteiger partial charge in [0.1, 0.15) is 23.0 Å². The molecule has 352 valence electrons. The van der Waals surface area contributed by atoms with Crippen molar-refractivity contribution in [1.82, 2.24) is 0 Å². The third kappa shape index (κ3) is 19.0. The maximum absolute atomic E-state index is 12.8. The molecule has 66 heavy (non-hydrogen) atoms. The molecule has 1 aliphatic heterocycles. The summed E-state index contributed by atoms with van der Waals surface area (Å²) in [6.07, 6.45) is 10.2. The quantitative estimate of drug-likeness (QED) is 0.0210. The molecule has 0 saturated carbocycles. The minimum absolute atomic E-state index is 0.201. The fraction of sp³-hybridized carbons (Fsp3) is 0.385. The van der Waals surface area contributed by atoms with Crippen LogP contribution in [0, 0.1) is 0 Å². The van der Waals surface area contributed by atoms with Gasteiger partial charge in [-0.2, -0.15) is 0 Å². The number of benzene rings is 4. The summed E-state index contributed by atoms with van der Waals surface area (Å²) >= 11 is 0. The van der Waals surface area contributed by atoms with E-state index in [9.17, 15) is 19.2 Å². The number of esters is 4. The zero-order valence-electron chi connectivity index (χ0n) is 37.4. The molecule has 1 fully saturated rings. The average molecular weight is 909 g/mol. The molecule has 0 N–H and O–H groups in total. The van der Waals surface area contributed by atoms with Crippen LogP contribution in [-0.4, -0.2) is 76.1 Å². The van der Waals surface area contributed by atoms with Crippen LogP contribution < -0.4 is 18.9 Å². The number of unbranched alkanes of at least 4 members (excludes halogenated alkanes) is 8. The first-order valence-corrected chi connectivity index (χ1v) is 22.4. The number of carbonyl (C=O) groups is 4. The van der Waals surface area contributed by atoms with Crippen molar-refractivity contribution >= 4 is 23.9 Å². The molecule has 4 aromatic rings. The zero-order valence-corrected chi connectivity index (χ0v) is 37.4. The molecule has 0 bridgehead atoms. The van der Waals surface area contributed by atoms with Gasteiger partial charge in [-0.1, -0.05) is 75.9 Å². The van der Waals surface area contributed by atoms with Gasteiger partial charge in [0, 0.05) is 12.2 Å². The Labute approximate surface area is 386 Å². The van der Waals surface area contributed by atoms with E-state index in [2.05, 4.69) is 13.2 Å². The summed E-state index contributed by atoms with van der Waals surface area (Å²) in [5, 5.41) is 0. The number of hydrogen-bond acceptors (Lipinski definition) is 14. The van der Waals surface area contributed by atoms with Gasteiger partial charge in [0.05, 0.1) is 64.0 Å². The van der Waals surface area contributed by atoms with E-state index in [-0.39, 0.29) is 13.2 Å². The Balaban J connectivity index is 0.943. The molecule has 2 unspecified atom stereocenters. The molecule has 1 saturated heterocycles. The summed E-state index contributed by atoms with van der Waals surface area (Å²) in [7, 11) is 0. The van der Waals surface area contributed by atoms with E-state index in [4.69, 9.17) is 47.4 Å². The lowest BCUT2D eigenvalue weighted by atomic mass is 10.1. The first-order valence-electron chi connectivity index (χ1n) is 22.4. The van der Waals surface area contributed by atoms with Gasteiger partial charge in [-0.3, -0.25) is 0 Å². The molecule has 1 heterocycles. The van der Waals surface area contributed by atoms with Gasteiger partial charge in [0.25, 0.3) is 0 Å². The third-order valence-electron chi connectivity index (χ3n) is 10.1. The SMILES string of the molecule is C=CC(=O)OCCCCCCCOc1ccc(C(=O)Oc2ccc(COC3OCCOC3OCc3ccc(OC(=O)c4ccc(OCCCCCCCOC(=O)C=C)cc4)cc3)cc2)cc1. The van der Waals surface area contributed by atoms with Gasteiger partial charge in [-0.15, -0.1) is 0 Å². The highest BCUT2D eigenvalue weighted by Crippen LogP contribution is 2.22. The maximum Gasteiger partial charge on any atom is 0.343 e. The highest BCUT2D eigenvalue weighted by Gasteiger charge is 2.29. The van der Waals surface area contributed by atoms with Crippen molar-refractivity contribution in [2.24, 2.45) is 0 Å². The third-order valence-corrected chi connectivity index (χ3v) is 10.1. The lowest BCUT2D eigenvalue weighted by molar-refractivity contribution is -0.326.